The minimum atomic E-state index is -0.412. The summed E-state index contributed by atoms with van der Waals surface area (Å²) in [6, 6.07) is 0. The lowest BCUT2D eigenvalue weighted by Crippen LogP contribution is -2.35. The van der Waals surface area contributed by atoms with Crippen LogP contribution in [0.1, 0.15) is 32.1 Å². The van der Waals surface area contributed by atoms with Crippen molar-refractivity contribution in [1.82, 2.24) is 9.88 Å². The van der Waals surface area contributed by atoms with Gasteiger partial charge in [0.25, 0.3) is 0 Å². The van der Waals surface area contributed by atoms with Gasteiger partial charge in [-0.1, -0.05) is 0 Å². The van der Waals surface area contributed by atoms with Crippen LogP contribution in [0.2, 0.25) is 0 Å². The van der Waals surface area contributed by atoms with Gasteiger partial charge >= 0.3 is 6.09 Å². The van der Waals surface area contributed by atoms with Gasteiger partial charge in [-0.05, 0) is 27.2 Å². The first-order valence-electron chi connectivity index (χ1n) is 6.41. The Morgan fingerprint density at radius 2 is 2.42 bits per heavy atom. The third-order valence-electron chi connectivity index (χ3n) is 2.74. The molecule has 1 atom stereocenters. The molecule has 1 aliphatic rings. The zero-order chi connectivity index (χ0) is 13.9. The van der Waals surface area contributed by atoms with Crippen molar-refractivity contribution in [1.29, 1.82) is 0 Å². The Balaban J connectivity index is 1.75. The van der Waals surface area contributed by atoms with Crippen LogP contribution >= 0.6 is 23.1 Å². The number of rotatable bonds is 3. The number of nitrogens with zero attached hydrogens (tertiary/aromatic N) is 2. The fourth-order valence-corrected chi connectivity index (χ4v) is 3.76. The van der Waals surface area contributed by atoms with E-state index in [1.165, 1.54) is 4.88 Å². The first kappa shape index (κ1) is 14.7. The summed E-state index contributed by atoms with van der Waals surface area (Å²) in [7, 11) is 0. The quantitative estimate of drug-likeness (QED) is 0.858. The molecule has 1 fully saturated rings. The van der Waals surface area contributed by atoms with Crippen LogP contribution < -0.4 is 0 Å². The Labute approximate surface area is 122 Å². The SMILES string of the molecule is CC(C)(C)OC(=O)N1CC[C@@H](SCc2cncs2)C1. The molecule has 1 aromatic heterocycles. The van der Waals surface area contributed by atoms with Gasteiger partial charge in [-0.25, -0.2) is 4.79 Å². The molecule has 2 heterocycles. The molecular formula is C13H20N2O2S2. The molecule has 0 radical (unpaired) electrons. The maximum Gasteiger partial charge on any atom is 0.410 e. The standard InChI is InChI=1S/C13H20N2O2S2/c1-13(2,3)17-12(16)15-5-4-10(7-15)18-8-11-6-14-9-19-11/h6,9-10H,4-5,7-8H2,1-3H3/t10-/m1/s1. The van der Waals surface area contributed by atoms with Crippen molar-refractivity contribution >= 4 is 29.2 Å². The summed E-state index contributed by atoms with van der Waals surface area (Å²) in [4.78, 5) is 19.1. The summed E-state index contributed by atoms with van der Waals surface area (Å²) in [5, 5.41) is 0.509. The van der Waals surface area contributed by atoms with Gasteiger partial charge in [0, 0.05) is 35.2 Å². The number of aromatic nitrogens is 1. The van der Waals surface area contributed by atoms with Gasteiger partial charge in [-0.3, -0.25) is 4.98 Å². The first-order chi connectivity index (χ1) is 8.94. The Hall–Kier alpha value is -0.750. The summed E-state index contributed by atoms with van der Waals surface area (Å²) >= 11 is 3.59. The summed E-state index contributed by atoms with van der Waals surface area (Å²) in [6.07, 6.45) is 2.77. The molecule has 1 aliphatic heterocycles. The topological polar surface area (TPSA) is 42.4 Å². The molecular weight excluding hydrogens is 280 g/mol. The minimum absolute atomic E-state index is 0.187. The number of carbonyl (C=O) groups is 1. The van der Waals surface area contributed by atoms with Crippen LogP contribution in [0.5, 0.6) is 0 Å². The number of amides is 1. The van der Waals surface area contributed by atoms with E-state index in [1.807, 2.05) is 49.1 Å². The maximum absolute atomic E-state index is 11.9. The zero-order valence-corrected chi connectivity index (χ0v) is 13.2. The van der Waals surface area contributed by atoms with Crippen molar-refractivity contribution in [2.45, 2.75) is 43.8 Å². The monoisotopic (exact) mass is 300 g/mol. The van der Waals surface area contributed by atoms with E-state index in [1.54, 1.807) is 11.3 Å². The molecule has 0 aliphatic carbocycles. The van der Waals surface area contributed by atoms with E-state index >= 15 is 0 Å². The molecule has 1 saturated heterocycles. The molecule has 0 bridgehead atoms. The van der Waals surface area contributed by atoms with Crippen molar-refractivity contribution in [3.8, 4) is 0 Å². The average molecular weight is 300 g/mol. The van der Waals surface area contributed by atoms with E-state index < -0.39 is 5.60 Å². The van der Waals surface area contributed by atoms with Gasteiger partial charge in [0.05, 0.1) is 5.51 Å². The second-order valence-corrected chi connectivity index (χ2v) is 7.88. The molecule has 1 aromatic rings. The molecule has 0 saturated carbocycles. The van der Waals surface area contributed by atoms with E-state index in [0.717, 1.165) is 25.3 Å². The van der Waals surface area contributed by atoms with Gasteiger partial charge in [0.2, 0.25) is 0 Å². The normalized spacial score (nSPS) is 19.7. The number of hydrogen-bond acceptors (Lipinski definition) is 5. The van der Waals surface area contributed by atoms with Crippen molar-refractivity contribution < 1.29 is 9.53 Å². The lowest BCUT2D eigenvalue weighted by molar-refractivity contribution is 0.0295. The van der Waals surface area contributed by atoms with Gasteiger partial charge in [0.1, 0.15) is 5.60 Å². The molecule has 106 valence electrons. The van der Waals surface area contributed by atoms with Crippen LogP contribution in [0.15, 0.2) is 11.7 Å². The number of thioether (sulfide) groups is 1. The highest BCUT2D eigenvalue weighted by Crippen LogP contribution is 2.27. The van der Waals surface area contributed by atoms with Crippen LogP contribution in [0.3, 0.4) is 0 Å². The summed E-state index contributed by atoms with van der Waals surface area (Å²) in [5.74, 6) is 0.984. The number of likely N-dealkylation sites (tertiary alicyclic amines) is 1. The summed E-state index contributed by atoms with van der Waals surface area (Å²) < 4.78 is 5.39. The van der Waals surface area contributed by atoms with E-state index in [-0.39, 0.29) is 6.09 Å². The highest BCUT2D eigenvalue weighted by Gasteiger charge is 2.29. The van der Waals surface area contributed by atoms with Crippen molar-refractivity contribution in [2.75, 3.05) is 13.1 Å². The minimum Gasteiger partial charge on any atom is -0.444 e. The average Bonchev–Trinajstić information content (AvgIpc) is 2.96. The highest BCUT2D eigenvalue weighted by atomic mass is 32.2. The van der Waals surface area contributed by atoms with Crippen LogP contribution in [0.25, 0.3) is 0 Å². The zero-order valence-electron chi connectivity index (χ0n) is 11.6. The molecule has 1 amide bonds. The Morgan fingerprint density at radius 1 is 1.63 bits per heavy atom. The summed E-state index contributed by atoms with van der Waals surface area (Å²) in [5.41, 5.74) is 1.45. The second-order valence-electron chi connectivity index (χ2n) is 5.62. The predicted molar refractivity (Wildman–Crippen MR) is 79.6 cm³/mol. The number of carbonyl (C=O) groups excluding carboxylic acids is 1. The third kappa shape index (κ3) is 4.69. The van der Waals surface area contributed by atoms with Gasteiger partial charge in [-0.15, -0.1) is 11.3 Å². The largest absolute Gasteiger partial charge is 0.444 e. The molecule has 2 rings (SSSR count). The highest BCUT2D eigenvalue weighted by molar-refractivity contribution is 7.99. The molecule has 0 unspecified atom stereocenters. The van der Waals surface area contributed by atoms with Gasteiger partial charge in [-0.2, -0.15) is 11.8 Å². The molecule has 0 aromatic carbocycles. The lowest BCUT2D eigenvalue weighted by atomic mass is 10.2. The molecule has 0 N–H and O–H groups in total. The molecule has 4 nitrogen and oxygen atoms in total. The van der Waals surface area contributed by atoms with E-state index in [4.69, 9.17) is 4.74 Å². The van der Waals surface area contributed by atoms with E-state index in [0.29, 0.717) is 5.25 Å². The molecule has 0 spiro atoms. The van der Waals surface area contributed by atoms with Crippen LogP contribution in [0, 0.1) is 0 Å². The smallest absolute Gasteiger partial charge is 0.410 e. The van der Waals surface area contributed by atoms with Crippen LogP contribution in [-0.2, 0) is 10.5 Å². The lowest BCUT2D eigenvalue weighted by Gasteiger charge is -2.24. The fourth-order valence-electron chi connectivity index (χ4n) is 1.87. The fraction of sp³-hybridized carbons (Fsp3) is 0.692. The number of hydrogen-bond donors (Lipinski definition) is 0. The van der Waals surface area contributed by atoms with Gasteiger partial charge < -0.3 is 9.64 Å². The second kappa shape index (κ2) is 6.13. The number of ether oxygens (including phenoxy) is 1. The van der Waals surface area contributed by atoms with E-state index in [2.05, 4.69) is 4.98 Å². The van der Waals surface area contributed by atoms with Crippen LogP contribution in [-0.4, -0.2) is 39.9 Å². The van der Waals surface area contributed by atoms with Crippen molar-refractivity contribution in [3.05, 3.63) is 16.6 Å². The van der Waals surface area contributed by atoms with Crippen molar-refractivity contribution in [2.24, 2.45) is 0 Å². The van der Waals surface area contributed by atoms with E-state index in [9.17, 15) is 4.79 Å². The van der Waals surface area contributed by atoms with Crippen molar-refractivity contribution in [3.63, 3.8) is 0 Å². The Morgan fingerprint density at radius 3 is 3.05 bits per heavy atom. The summed E-state index contributed by atoms with van der Waals surface area (Å²) in [6.45, 7) is 7.29. The van der Waals surface area contributed by atoms with Gasteiger partial charge in [0.15, 0.2) is 0 Å². The molecule has 6 heteroatoms. The Kier molecular flexibility index (Phi) is 4.73. The Bertz CT molecular complexity index is 415. The molecule has 19 heavy (non-hydrogen) atoms. The maximum atomic E-state index is 11.9. The third-order valence-corrected chi connectivity index (χ3v) is 5.04. The van der Waals surface area contributed by atoms with Crippen LogP contribution in [0.4, 0.5) is 4.79 Å². The number of thiazole rings is 1. The first-order valence-corrected chi connectivity index (χ1v) is 8.34. The predicted octanol–water partition coefficient (Wildman–Crippen LogP) is 3.39.